The largest absolute Gasteiger partial charge is 0.481 e. The molecule has 1 aromatic carbocycles. The maximum Gasteiger partial charge on any atom is 0.307 e. The number of carbonyl (C=O) groups is 2. The number of carbonyl (C=O) groups excluding carboxylic acids is 1. The first-order valence-corrected chi connectivity index (χ1v) is 9.88. The summed E-state index contributed by atoms with van der Waals surface area (Å²) in [4.78, 5) is 25.2. The zero-order valence-electron chi connectivity index (χ0n) is 15.4. The van der Waals surface area contributed by atoms with Crippen molar-refractivity contribution in [3.8, 4) is 17.2 Å². The molecule has 6 heteroatoms. The Kier molecular flexibility index (Phi) is 5.62. The topological polar surface area (TPSA) is 90.2 Å². The van der Waals surface area contributed by atoms with Gasteiger partial charge in [0.1, 0.15) is 11.1 Å². The van der Waals surface area contributed by atoms with Crippen molar-refractivity contribution < 1.29 is 14.7 Å². The monoisotopic (exact) mass is 382 g/mol. The molecule has 3 rings (SSSR count). The van der Waals surface area contributed by atoms with Gasteiger partial charge < -0.3 is 10.4 Å². The molecule has 0 saturated heterocycles. The fourth-order valence-corrected chi connectivity index (χ4v) is 4.78. The Morgan fingerprint density at radius 2 is 1.78 bits per heavy atom. The SMILES string of the molecule is Cc1ccc(-c2c(C)sc(NC(=O)[C@H]3CCCC[C@@H]3C(=O)O)c2C#N)cc1. The van der Waals surface area contributed by atoms with Gasteiger partial charge in [0.05, 0.1) is 17.4 Å². The number of rotatable bonds is 4. The summed E-state index contributed by atoms with van der Waals surface area (Å²) in [5.41, 5.74) is 3.34. The van der Waals surface area contributed by atoms with E-state index in [0.29, 0.717) is 23.4 Å². The normalized spacial score (nSPS) is 19.3. The van der Waals surface area contributed by atoms with Gasteiger partial charge in [-0.05, 0) is 32.3 Å². The fraction of sp³-hybridized carbons (Fsp3) is 0.381. The third kappa shape index (κ3) is 3.88. The number of aliphatic carboxylic acids is 1. The minimum Gasteiger partial charge on any atom is -0.481 e. The molecule has 1 aliphatic carbocycles. The van der Waals surface area contributed by atoms with E-state index in [-0.39, 0.29) is 5.91 Å². The maximum atomic E-state index is 12.8. The highest BCUT2D eigenvalue weighted by Gasteiger charge is 2.36. The molecule has 0 unspecified atom stereocenters. The number of nitrogens with one attached hydrogen (secondary N) is 1. The van der Waals surface area contributed by atoms with Crippen molar-refractivity contribution in [3.05, 3.63) is 40.3 Å². The lowest BCUT2D eigenvalue weighted by atomic mass is 9.79. The molecule has 2 atom stereocenters. The second kappa shape index (κ2) is 7.93. The van der Waals surface area contributed by atoms with Gasteiger partial charge in [0.15, 0.2) is 0 Å². The summed E-state index contributed by atoms with van der Waals surface area (Å²) in [7, 11) is 0. The van der Waals surface area contributed by atoms with Crippen LogP contribution in [0.3, 0.4) is 0 Å². The van der Waals surface area contributed by atoms with Crippen LogP contribution in [0.5, 0.6) is 0 Å². The maximum absolute atomic E-state index is 12.8. The highest BCUT2D eigenvalue weighted by atomic mass is 32.1. The first-order valence-electron chi connectivity index (χ1n) is 9.06. The average Bonchev–Trinajstić information content (AvgIpc) is 2.97. The molecule has 5 nitrogen and oxygen atoms in total. The first-order chi connectivity index (χ1) is 12.9. The Morgan fingerprint density at radius 1 is 1.15 bits per heavy atom. The predicted octanol–water partition coefficient (Wildman–Crippen LogP) is 4.73. The van der Waals surface area contributed by atoms with Crippen molar-refractivity contribution in [2.24, 2.45) is 11.8 Å². The number of carboxylic acids is 1. The van der Waals surface area contributed by atoms with E-state index >= 15 is 0 Å². The number of hydrogen-bond donors (Lipinski definition) is 2. The van der Waals surface area contributed by atoms with Crippen LogP contribution in [0.25, 0.3) is 11.1 Å². The van der Waals surface area contributed by atoms with E-state index < -0.39 is 17.8 Å². The lowest BCUT2D eigenvalue weighted by molar-refractivity contribution is -0.147. The van der Waals surface area contributed by atoms with Gasteiger partial charge in [0, 0.05) is 10.4 Å². The minimum atomic E-state index is -0.918. The average molecular weight is 382 g/mol. The Bertz CT molecular complexity index is 909. The summed E-state index contributed by atoms with van der Waals surface area (Å²) in [6.45, 7) is 3.93. The summed E-state index contributed by atoms with van der Waals surface area (Å²) >= 11 is 1.36. The van der Waals surface area contributed by atoms with Crippen molar-refractivity contribution in [2.45, 2.75) is 39.5 Å². The summed E-state index contributed by atoms with van der Waals surface area (Å²) in [5.74, 6) is -2.41. The third-order valence-corrected chi connectivity index (χ3v) is 6.21. The molecule has 0 aliphatic heterocycles. The van der Waals surface area contributed by atoms with Gasteiger partial charge in [-0.2, -0.15) is 5.26 Å². The molecule has 27 heavy (non-hydrogen) atoms. The number of aryl methyl sites for hydroxylation is 2. The van der Waals surface area contributed by atoms with Crippen molar-refractivity contribution in [1.82, 2.24) is 0 Å². The highest BCUT2D eigenvalue weighted by molar-refractivity contribution is 7.17. The molecule has 1 amide bonds. The fourth-order valence-electron chi connectivity index (χ4n) is 3.75. The van der Waals surface area contributed by atoms with Crippen LogP contribution in [0, 0.1) is 37.0 Å². The quantitative estimate of drug-likeness (QED) is 0.799. The zero-order chi connectivity index (χ0) is 19.6. The van der Waals surface area contributed by atoms with Gasteiger partial charge in [-0.25, -0.2) is 0 Å². The van der Waals surface area contributed by atoms with Gasteiger partial charge in [-0.1, -0.05) is 42.7 Å². The minimum absolute atomic E-state index is 0.296. The molecule has 1 aliphatic rings. The summed E-state index contributed by atoms with van der Waals surface area (Å²) in [5, 5.41) is 22.5. The molecule has 1 saturated carbocycles. The van der Waals surface area contributed by atoms with Crippen LogP contribution in [-0.2, 0) is 9.59 Å². The van der Waals surface area contributed by atoms with Crippen molar-refractivity contribution in [3.63, 3.8) is 0 Å². The van der Waals surface area contributed by atoms with Crippen LogP contribution >= 0.6 is 11.3 Å². The van der Waals surface area contributed by atoms with E-state index in [4.69, 9.17) is 0 Å². The van der Waals surface area contributed by atoms with Crippen molar-refractivity contribution in [2.75, 3.05) is 5.32 Å². The number of hydrogen-bond acceptors (Lipinski definition) is 4. The number of anilines is 1. The second-order valence-corrected chi connectivity index (χ2v) is 8.26. The second-order valence-electron chi connectivity index (χ2n) is 7.04. The smallest absolute Gasteiger partial charge is 0.307 e. The van der Waals surface area contributed by atoms with Gasteiger partial charge in [-0.3, -0.25) is 9.59 Å². The van der Waals surface area contributed by atoms with Gasteiger partial charge in [0.2, 0.25) is 5.91 Å². The van der Waals surface area contributed by atoms with Crippen LogP contribution in [0.1, 0.15) is 41.7 Å². The number of amides is 1. The molecule has 1 aromatic heterocycles. The van der Waals surface area contributed by atoms with Crippen LogP contribution in [0.15, 0.2) is 24.3 Å². The van der Waals surface area contributed by atoms with Gasteiger partial charge in [-0.15, -0.1) is 11.3 Å². The van der Waals surface area contributed by atoms with E-state index in [1.807, 2.05) is 38.1 Å². The van der Waals surface area contributed by atoms with Crippen LogP contribution in [-0.4, -0.2) is 17.0 Å². The lowest BCUT2D eigenvalue weighted by Gasteiger charge is -2.27. The molecule has 0 radical (unpaired) electrons. The highest BCUT2D eigenvalue weighted by Crippen LogP contribution is 2.40. The molecule has 0 spiro atoms. The molecule has 1 fully saturated rings. The first kappa shape index (κ1) is 19.1. The molecule has 1 heterocycles. The molecule has 2 N–H and O–H groups in total. The van der Waals surface area contributed by atoms with E-state index in [1.54, 1.807) is 0 Å². The van der Waals surface area contributed by atoms with Gasteiger partial charge >= 0.3 is 5.97 Å². The Hall–Kier alpha value is -2.65. The van der Waals surface area contributed by atoms with E-state index in [1.165, 1.54) is 11.3 Å². The Labute approximate surface area is 162 Å². The zero-order valence-corrected chi connectivity index (χ0v) is 16.2. The van der Waals surface area contributed by atoms with Crippen LogP contribution < -0.4 is 5.32 Å². The number of nitriles is 1. The third-order valence-electron chi connectivity index (χ3n) is 5.19. The summed E-state index contributed by atoms with van der Waals surface area (Å²) < 4.78 is 0. The molecular formula is C21H22N2O3S. The molecule has 0 bridgehead atoms. The Balaban J connectivity index is 1.90. The van der Waals surface area contributed by atoms with Crippen molar-refractivity contribution in [1.29, 1.82) is 5.26 Å². The predicted molar refractivity (Wildman–Crippen MR) is 106 cm³/mol. The standard InChI is InChI=1S/C21H22N2O3S/c1-12-7-9-14(10-8-12)18-13(2)27-20(17(18)11-22)23-19(24)15-5-3-4-6-16(15)21(25)26/h7-10,15-16H,3-6H2,1-2H3,(H,23,24)(H,25,26)/t15-,16-/m0/s1. The van der Waals surface area contributed by atoms with Gasteiger partial charge in [0.25, 0.3) is 0 Å². The number of nitrogens with zero attached hydrogens (tertiary/aromatic N) is 1. The van der Waals surface area contributed by atoms with E-state index in [2.05, 4.69) is 11.4 Å². The molecular weight excluding hydrogens is 360 g/mol. The van der Waals surface area contributed by atoms with E-state index in [9.17, 15) is 20.0 Å². The Morgan fingerprint density at radius 3 is 2.37 bits per heavy atom. The molecule has 140 valence electrons. The summed E-state index contributed by atoms with van der Waals surface area (Å²) in [6, 6.07) is 10.1. The number of carboxylic acid groups (broad SMARTS) is 1. The number of benzene rings is 1. The molecule has 2 aromatic rings. The van der Waals surface area contributed by atoms with Crippen LogP contribution in [0.2, 0.25) is 0 Å². The lowest BCUT2D eigenvalue weighted by Crippen LogP contribution is -2.36. The van der Waals surface area contributed by atoms with Crippen molar-refractivity contribution >= 4 is 28.2 Å². The summed E-state index contributed by atoms with van der Waals surface area (Å²) in [6.07, 6.45) is 2.78. The number of thiophene rings is 1. The van der Waals surface area contributed by atoms with E-state index in [0.717, 1.165) is 34.4 Å². The van der Waals surface area contributed by atoms with Crippen LogP contribution in [0.4, 0.5) is 5.00 Å².